The zero-order valence-corrected chi connectivity index (χ0v) is 9.56. The number of carbonyl (C=O) groups is 2. The average Bonchev–Trinajstić information content (AvgIpc) is 2.35. The minimum atomic E-state index is -0.857. The number of methoxy groups -OCH3 is 2. The normalized spacial score (nSPS) is 14.6. The topological polar surface area (TPSA) is 52.6 Å². The van der Waals surface area contributed by atoms with E-state index < -0.39 is 17.9 Å². The van der Waals surface area contributed by atoms with Crippen LogP contribution >= 0.6 is 0 Å². The van der Waals surface area contributed by atoms with Gasteiger partial charge in [0, 0.05) is 0 Å². The molecule has 4 heteroatoms. The van der Waals surface area contributed by atoms with Crippen LogP contribution in [0.25, 0.3) is 0 Å². The minimum absolute atomic E-state index is 0.343. The van der Waals surface area contributed by atoms with Crippen LogP contribution in [0.4, 0.5) is 0 Å². The summed E-state index contributed by atoms with van der Waals surface area (Å²) >= 11 is 0. The molecule has 0 aromatic carbocycles. The van der Waals surface area contributed by atoms with Gasteiger partial charge in [0.05, 0.1) is 14.2 Å². The third kappa shape index (κ3) is 3.22. The van der Waals surface area contributed by atoms with Crippen molar-refractivity contribution in [1.82, 2.24) is 0 Å². The third-order valence-electron chi connectivity index (χ3n) is 2.48. The van der Waals surface area contributed by atoms with Crippen molar-refractivity contribution < 1.29 is 19.1 Å². The molecule has 0 aromatic rings. The van der Waals surface area contributed by atoms with Crippen molar-refractivity contribution in [3.8, 4) is 0 Å². The van der Waals surface area contributed by atoms with E-state index in [1.54, 1.807) is 0 Å². The molecule has 0 amide bonds. The van der Waals surface area contributed by atoms with Gasteiger partial charge in [-0.05, 0) is 19.3 Å². The van der Waals surface area contributed by atoms with E-state index in [4.69, 9.17) is 0 Å². The monoisotopic (exact) mass is 224 g/mol. The van der Waals surface area contributed by atoms with Crippen LogP contribution in [0.3, 0.4) is 0 Å². The van der Waals surface area contributed by atoms with Crippen molar-refractivity contribution >= 4 is 11.9 Å². The number of carbonyl (C=O) groups excluding carboxylic acids is 2. The van der Waals surface area contributed by atoms with E-state index in [9.17, 15) is 9.59 Å². The molecule has 0 spiro atoms. The number of ether oxygens (including phenoxy) is 2. The molecule has 0 saturated heterocycles. The number of esters is 2. The Bertz CT molecular complexity index is 312. The lowest BCUT2D eigenvalue weighted by Gasteiger charge is -2.14. The highest BCUT2D eigenvalue weighted by Gasteiger charge is 2.29. The molecule has 0 fully saturated rings. The van der Waals surface area contributed by atoms with Gasteiger partial charge >= 0.3 is 11.9 Å². The molecular formula is C12H16O4. The molecule has 4 nitrogen and oxygen atoms in total. The van der Waals surface area contributed by atoms with E-state index in [1.165, 1.54) is 14.2 Å². The fraction of sp³-hybridized carbons (Fsp3) is 0.500. The predicted octanol–water partition coefficient (Wildman–Crippen LogP) is 1.62. The first-order valence-electron chi connectivity index (χ1n) is 5.20. The summed E-state index contributed by atoms with van der Waals surface area (Å²) in [5, 5.41) is 0. The highest BCUT2D eigenvalue weighted by Crippen LogP contribution is 2.20. The van der Waals surface area contributed by atoms with Crippen molar-refractivity contribution in [3.63, 3.8) is 0 Å². The Balaban J connectivity index is 2.70. The molecule has 16 heavy (non-hydrogen) atoms. The number of allylic oxidation sites excluding steroid dienone is 4. The second-order valence-electron chi connectivity index (χ2n) is 3.56. The zero-order valence-electron chi connectivity index (χ0n) is 9.56. The third-order valence-corrected chi connectivity index (χ3v) is 2.48. The summed E-state index contributed by atoms with van der Waals surface area (Å²) in [4.78, 5) is 22.8. The maximum Gasteiger partial charge on any atom is 0.320 e. The van der Waals surface area contributed by atoms with E-state index in [0.29, 0.717) is 6.42 Å². The van der Waals surface area contributed by atoms with E-state index in [-0.39, 0.29) is 0 Å². The van der Waals surface area contributed by atoms with Crippen LogP contribution in [0, 0.1) is 5.92 Å². The van der Waals surface area contributed by atoms with Gasteiger partial charge in [-0.1, -0.05) is 23.8 Å². The maximum atomic E-state index is 11.4. The van der Waals surface area contributed by atoms with Crippen LogP contribution in [-0.4, -0.2) is 26.2 Å². The predicted molar refractivity (Wildman–Crippen MR) is 58.6 cm³/mol. The lowest BCUT2D eigenvalue weighted by Crippen LogP contribution is -2.26. The molecule has 0 aromatic heterocycles. The lowest BCUT2D eigenvalue weighted by molar-refractivity contribution is -0.158. The van der Waals surface area contributed by atoms with Gasteiger partial charge in [-0.3, -0.25) is 9.59 Å². The summed E-state index contributed by atoms with van der Waals surface area (Å²) in [6, 6.07) is 0. The fourth-order valence-electron chi connectivity index (χ4n) is 1.60. The Hall–Kier alpha value is -1.58. The van der Waals surface area contributed by atoms with Crippen LogP contribution in [0.15, 0.2) is 23.8 Å². The van der Waals surface area contributed by atoms with Gasteiger partial charge in [0.2, 0.25) is 0 Å². The molecule has 1 aliphatic rings. The summed E-state index contributed by atoms with van der Waals surface area (Å²) in [5.74, 6) is -1.96. The standard InChI is InChI=1S/C12H16O4/c1-15-11(13)10(12(14)16-2)8-9-6-4-3-5-7-9/h4,6-7,10H,3,5,8H2,1-2H3. The van der Waals surface area contributed by atoms with Crippen LogP contribution in [0.2, 0.25) is 0 Å². The molecule has 0 saturated carbocycles. The molecule has 88 valence electrons. The molecular weight excluding hydrogens is 208 g/mol. The molecule has 1 rings (SSSR count). The van der Waals surface area contributed by atoms with Gasteiger partial charge in [-0.2, -0.15) is 0 Å². The lowest BCUT2D eigenvalue weighted by atomic mass is 9.95. The number of rotatable bonds is 4. The van der Waals surface area contributed by atoms with Crippen molar-refractivity contribution in [2.75, 3.05) is 14.2 Å². The van der Waals surface area contributed by atoms with E-state index in [1.807, 2.05) is 18.2 Å². The van der Waals surface area contributed by atoms with Gasteiger partial charge < -0.3 is 9.47 Å². The van der Waals surface area contributed by atoms with Gasteiger partial charge in [0.15, 0.2) is 5.92 Å². The summed E-state index contributed by atoms with van der Waals surface area (Å²) in [6.45, 7) is 0. The number of hydrogen-bond donors (Lipinski definition) is 0. The van der Waals surface area contributed by atoms with Crippen molar-refractivity contribution in [2.45, 2.75) is 19.3 Å². The molecule has 0 bridgehead atoms. The second-order valence-corrected chi connectivity index (χ2v) is 3.56. The van der Waals surface area contributed by atoms with Crippen LogP contribution in [0.5, 0.6) is 0 Å². The maximum absolute atomic E-state index is 11.4. The summed E-state index contributed by atoms with van der Waals surface area (Å²) < 4.78 is 9.17. The molecule has 0 N–H and O–H groups in total. The molecule has 0 heterocycles. The zero-order chi connectivity index (χ0) is 12.0. The van der Waals surface area contributed by atoms with E-state index >= 15 is 0 Å². The first-order chi connectivity index (χ1) is 7.69. The van der Waals surface area contributed by atoms with Crippen molar-refractivity contribution in [3.05, 3.63) is 23.8 Å². The Morgan fingerprint density at radius 1 is 1.25 bits per heavy atom. The Morgan fingerprint density at radius 2 is 1.88 bits per heavy atom. The SMILES string of the molecule is COC(=O)C(CC1=CCCC=C1)C(=O)OC. The summed E-state index contributed by atoms with van der Waals surface area (Å²) in [6.07, 6.45) is 8.28. The largest absolute Gasteiger partial charge is 0.468 e. The van der Waals surface area contributed by atoms with Gasteiger partial charge in [0.1, 0.15) is 0 Å². The smallest absolute Gasteiger partial charge is 0.320 e. The highest BCUT2D eigenvalue weighted by atomic mass is 16.5. The first kappa shape index (κ1) is 12.5. The Morgan fingerprint density at radius 3 is 2.31 bits per heavy atom. The van der Waals surface area contributed by atoms with Gasteiger partial charge in [-0.15, -0.1) is 0 Å². The Kier molecular flexibility index (Phi) is 4.76. The second kappa shape index (κ2) is 6.10. The first-order valence-corrected chi connectivity index (χ1v) is 5.20. The quantitative estimate of drug-likeness (QED) is 0.538. The fourth-order valence-corrected chi connectivity index (χ4v) is 1.60. The molecule has 0 radical (unpaired) electrons. The molecule has 0 unspecified atom stereocenters. The minimum Gasteiger partial charge on any atom is -0.468 e. The van der Waals surface area contributed by atoms with Crippen molar-refractivity contribution in [1.29, 1.82) is 0 Å². The molecule has 1 aliphatic carbocycles. The average molecular weight is 224 g/mol. The van der Waals surface area contributed by atoms with E-state index in [0.717, 1.165) is 18.4 Å². The van der Waals surface area contributed by atoms with Crippen LogP contribution < -0.4 is 0 Å². The molecule has 0 aliphatic heterocycles. The molecule has 0 atom stereocenters. The van der Waals surface area contributed by atoms with Gasteiger partial charge in [-0.25, -0.2) is 0 Å². The Labute approximate surface area is 94.9 Å². The highest BCUT2D eigenvalue weighted by molar-refractivity contribution is 5.95. The van der Waals surface area contributed by atoms with Gasteiger partial charge in [0.25, 0.3) is 0 Å². The van der Waals surface area contributed by atoms with Crippen LogP contribution in [-0.2, 0) is 19.1 Å². The van der Waals surface area contributed by atoms with Crippen LogP contribution in [0.1, 0.15) is 19.3 Å². The van der Waals surface area contributed by atoms with Crippen molar-refractivity contribution in [2.24, 2.45) is 5.92 Å². The van der Waals surface area contributed by atoms with E-state index in [2.05, 4.69) is 9.47 Å². The summed E-state index contributed by atoms with van der Waals surface area (Å²) in [7, 11) is 2.53. The number of hydrogen-bond acceptors (Lipinski definition) is 4. The summed E-state index contributed by atoms with van der Waals surface area (Å²) in [5.41, 5.74) is 0.979.